The summed E-state index contributed by atoms with van der Waals surface area (Å²) in [7, 11) is 0. The molecule has 0 unspecified atom stereocenters. The molecule has 4 nitrogen and oxygen atoms in total. The van der Waals surface area contributed by atoms with E-state index in [1.54, 1.807) is 18.5 Å². The molecule has 0 amide bonds. The molecular weight excluding hydrogens is 310 g/mol. The number of para-hydroxylation sites is 1. The monoisotopic (exact) mass is 321 g/mol. The van der Waals surface area contributed by atoms with Crippen molar-refractivity contribution >= 4 is 21.9 Å². The molecule has 19 heavy (non-hydrogen) atoms. The maximum atomic E-state index is 11.1. The van der Waals surface area contributed by atoms with E-state index >= 15 is 0 Å². The number of halogens is 1. The fourth-order valence-corrected chi connectivity index (χ4v) is 2.12. The number of aromatic carboxylic acids is 1. The molecule has 2 aromatic rings. The molecule has 1 N–H and O–H groups in total. The van der Waals surface area contributed by atoms with E-state index in [9.17, 15) is 4.79 Å². The van der Waals surface area contributed by atoms with Gasteiger partial charge in [0.05, 0.1) is 0 Å². The van der Waals surface area contributed by atoms with Gasteiger partial charge in [0.15, 0.2) is 0 Å². The molecule has 0 aliphatic carbocycles. The first-order chi connectivity index (χ1) is 9.08. The van der Waals surface area contributed by atoms with Crippen LogP contribution in [0.25, 0.3) is 0 Å². The number of nitrogens with zero attached hydrogens (tertiary/aromatic N) is 1. The van der Waals surface area contributed by atoms with Crippen molar-refractivity contribution in [1.82, 2.24) is 4.98 Å². The highest BCUT2D eigenvalue weighted by Gasteiger charge is 2.13. The van der Waals surface area contributed by atoms with Gasteiger partial charge in [0.25, 0.3) is 0 Å². The van der Waals surface area contributed by atoms with Crippen LogP contribution in [-0.4, -0.2) is 16.1 Å². The maximum Gasteiger partial charge on any atom is 0.339 e. The molecule has 0 saturated heterocycles. The number of carbonyl (C=O) groups is 1. The van der Waals surface area contributed by atoms with Crippen molar-refractivity contribution in [3.8, 4) is 5.75 Å². The van der Waals surface area contributed by atoms with Gasteiger partial charge in [0.1, 0.15) is 17.9 Å². The Hall–Kier alpha value is -1.88. The van der Waals surface area contributed by atoms with Gasteiger partial charge in [-0.05, 0) is 40.5 Å². The topological polar surface area (TPSA) is 59.4 Å². The van der Waals surface area contributed by atoms with E-state index in [0.717, 1.165) is 15.6 Å². The van der Waals surface area contributed by atoms with Crippen LogP contribution in [0, 0.1) is 6.92 Å². The summed E-state index contributed by atoms with van der Waals surface area (Å²) in [6, 6.07) is 6.93. The largest absolute Gasteiger partial charge is 0.488 e. The molecule has 0 fully saturated rings. The second-order valence-electron chi connectivity index (χ2n) is 4.06. The van der Waals surface area contributed by atoms with Crippen LogP contribution in [0.1, 0.15) is 21.5 Å². The first-order valence-corrected chi connectivity index (χ1v) is 6.42. The SMILES string of the molecule is Cc1cccc(C(=O)O)c1OCc1cncc(Br)c1. The third-order valence-corrected chi connectivity index (χ3v) is 3.02. The summed E-state index contributed by atoms with van der Waals surface area (Å²) in [4.78, 5) is 15.2. The van der Waals surface area contributed by atoms with Crippen molar-refractivity contribution in [3.05, 3.63) is 57.8 Å². The van der Waals surface area contributed by atoms with Crippen LogP contribution in [-0.2, 0) is 6.61 Å². The number of pyridine rings is 1. The van der Waals surface area contributed by atoms with Crippen molar-refractivity contribution in [1.29, 1.82) is 0 Å². The lowest BCUT2D eigenvalue weighted by Gasteiger charge is -2.11. The predicted octanol–water partition coefficient (Wildman–Crippen LogP) is 3.43. The highest BCUT2D eigenvalue weighted by molar-refractivity contribution is 9.10. The highest BCUT2D eigenvalue weighted by atomic mass is 79.9. The van der Waals surface area contributed by atoms with E-state index in [0.29, 0.717) is 5.75 Å². The predicted molar refractivity (Wildman–Crippen MR) is 74.4 cm³/mol. The van der Waals surface area contributed by atoms with Crippen LogP contribution in [0.5, 0.6) is 5.75 Å². The summed E-state index contributed by atoms with van der Waals surface area (Å²) in [5, 5.41) is 9.13. The fourth-order valence-electron chi connectivity index (χ4n) is 1.70. The molecule has 0 aliphatic rings. The van der Waals surface area contributed by atoms with E-state index < -0.39 is 5.97 Å². The third-order valence-electron chi connectivity index (χ3n) is 2.59. The fraction of sp³-hybridized carbons (Fsp3) is 0.143. The third kappa shape index (κ3) is 3.32. The molecule has 0 aliphatic heterocycles. The zero-order valence-electron chi connectivity index (χ0n) is 10.3. The second kappa shape index (κ2) is 5.84. The molecule has 0 spiro atoms. The molecule has 1 aromatic heterocycles. The number of carboxylic acid groups (broad SMARTS) is 1. The molecular formula is C14H12BrNO3. The second-order valence-corrected chi connectivity index (χ2v) is 4.97. The molecule has 1 aromatic carbocycles. The van der Waals surface area contributed by atoms with Crippen LogP contribution >= 0.6 is 15.9 Å². The smallest absolute Gasteiger partial charge is 0.339 e. The lowest BCUT2D eigenvalue weighted by Crippen LogP contribution is -2.05. The minimum Gasteiger partial charge on any atom is -0.488 e. The number of aromatic nitrogens is 1. The number of rotatable bonds is 4. The summed E-state index contributed by atoms with van der Waals surface area (Å²) >= 11 is 3.33. The Labute approximate surface area is 119 Å². The average Bonchev–Trinajstić information content (AvgIpc) is 2.37. The van der Waals surface area contributed by atoms with Crippen LogP contribution < -0.4 is 4.74 Å². The summed E-state index contributed by atoms with van der Waals surface area (Å²) in [5.41, 5.74) is 1.83. The molecule has 0 atom stereocenters. The number of hydrogen-bond donors (Lipinski definition) is 1. The van der Waals surface area contributed by atoms with Gasteiger partial charge in [-0.25, -0.2) is 4.79 Å². The van der Waals surface area contributed by atoms with Gasteiger partial charge >= 0.3 is 5.97 Å². The van der Waals surface area contributed by atoms with Gasteiger partial charge < -0.3 is 9.84 Å². The standard InChI is InChI=1S/C14H12BrNO3/c1-9-3-2-4-12(14(17)18)13(9)19-8-10-5-11(15)7-16-6-10/h2-7H,8H2,1H3,(H,17,18). The summed E-state index contributed by atoms with van der Waals surface area (Å²) in [5.74, 6) is -0.596. The van der Waals surface area contributed by atoms with E-state index in [-0.39, 0.29) is 12.2 Å². The van der Waals surface area contributed by atoms with Crippen LogP contribution in [0.2, 0.25) is 0 Å². The van der Waals surface area contributed by atoms with Crippen LogP contribution in [0.4, 0.5) is 0 Å². The van der Waals surface area contributed by atoms with E-state index in [2.05, 4.69) is 20.9 Å². The molecule has 1 heterocycles. The van der Waals surface area contributed by atoms with Gasteiger partial charge in [0, 0.05) is 22.4 Å². The van der Waals surface area contributed by atoms with Gasteiger partial charge in [0.2, 0.25) is 0 Å². The Balaban J connectivity index is 2.22. The number of benzene rings is 1. The Kier molecular flexibility index (Phi) is 4.16. The van der Waals surface area contributed by atoms with Gasteiger partial charge in [-0.2, -0.15) is 0 Å². The molecule has 0 bridgehead atoms. The molecule has 98 valence electrons. The normalized spacial score (nSPS) is 10.2. The van der Waals surface area contributed by atoms with E-state index in [4.69, 9.17) is 9.84 Å². The van der Waals surface area contributed by atoms with Crippen molar-refractivity contribution in [2.45, 2.75) is 13.5 Å². The Morgan fingerprint density at radius 2 is 2.21 bits per heavy atom. The van der Waals surface area contributed by atoms with E-state index in [1.807, 2.05) is 19.1 Å². The minimum atomic E-state index is -0.994. The number of aryl methyl sites for hydroxylation is 1. The summed E-state index contributed by atoms with van der Waals surface area (Å²) < 4.78 is 6.49. The molecule has 0 saturated carbocycles. The zero-order chi connectivity index (χ0) is 13.8. The molecule has 0 radical (unpaired) electrons. The van der Waals surface area contributed by atoms with Crippen molar-refractivity contribution in [3.63, 3.8) is 0 Å². The first-order valence-electron chi connectivity index (χ1n) is 5.63. The number of ether oxygens (including phenoxy) is 1. The molecule has 2 rings (SSSR count). The zero-order valence-corrected chi connectivity index (χ0v) is 11.8. The van der Waals surface area contributed by atoms with Gasteiger partial charge in [-0.3, -0.25) is 4.98 Å². The van der Waals surface area contributed by atoms with Crippen molar-refractivity contribution < 1.29 is 14.6 Å². The number of hydrogen-bond acceptors (Lipinski definition) is 3. The van der Waals surface area contributed by atoms with Gasteiger partial charge in [-0.15, -0.1) is 0 Å². The Morgan fingerprint density at radius 3 is 2.89 bits per heavy atom. The highest BCUT2D eigenvalue weighted by Crippen LogP contribution is 2.24. The summed E-state index contributed by atoms with van der Waals surface area (Å²) in [6.45, 7) is 2.10. The maximum absolute atomic E-state index is 11.1. The average molecular weight is 322 g/mol. The lowest BCUT2D eigenvalue weighted by atomic mass is 10.1. The first kappa shape index (κ1) is 13.5. The quantitative estimate of drug-likeness (QED) is 0.937. The lowest BCUT2D eigenvalue weighted by molar-refractivity contribution is 0.0691. The van der Waals surface area contributed by atoms with Gasteiger partial charge in [-0.1, -0.05) is 12.1 Å². The minimum absolute atomic E-state index is 0.169. The Morgan fingerprint density at radius 1 is 1.42 bits per heavy atom. The van der Waals surface area contributed by atoms with Crippen LogP contribution in [0.15, 0.2) is 41.1 Å². The summed E-state index contributed by atoms with van der Waals surface area (Å²) in [6.07, 6.45) is 3.36. The Bertz CT molecular complexity index is 613. The van der Waals surface area contributed by atoms with Crippen LogP contribution in [0.3, 0.4) is 0 Å². The number of carboxylic acids is 1. The molecule has 5 heteroatoms. The van der Waals surface area contributed by atoms with E-state index in [1.165, 1.54) is 6.07 Å². The van der Waals surface area contributed by atoms with Crippen molar-refractivity contribution in [2.24, 2.45) is 0 Å². The van der Waals surface area contributed by atoms with Crippen molar-refractivity contribution in [2.75, 3.05) is 0 Å².